The highest BCUT2D eigenvalue weighted by Gasteiger charge is 2.26. The molecule has 5 nitrogen and oxygen atoms in total. The zero-order valence-corrected chi connectivity index (χ0v) is 11.5. The fourth-order valence-corrected chi connectivity index (χ4v) is 1.54. The van der Waals surface area contributed by atoms with Crippen molar-refractivity contribution in [2.24, 2.45) is 5.41 Å². The van der Waals surface area contributed by atoms with Crippen LogP contribution < -0.4 is 5.32 Å². The minimum Gasteiger partial charge on any atom is -0.434 e. The molecule has 0 aromatic rings. The number of hydrogen-bond donors (Lipinski definition) is 1. The van der Waals surface area contributed by atoms with Crippen LogP contribution in [-0.4, -0.2) is 31.3 Å². The van der Waals surface area contributed by atoms with E-state index in [0.29, 0.717) is 6.61 Å². The largest absolute Gasteiger partial charge is 0.434 e. The molecule has 1 atom stereocenters. The normalized spacial score (nSPS) is 20.3. The van der Waals surface area contributed by atoms with E-state index in [4.69, 9.17) is 9.47 Å². The Morgan fingerprint density at radius 1 is 1.39 bits per heavy atom. The van der Waals surface area contributed by atoms with Crippen LogP contribution in [0.25, 0.3) is 0 Å². The van der Waals surface area contributed by atoms with Crippen molar-refractivity contribution in [1.82, 2.24) is 5.32 Å². The van der Waals surface area contributed by atoms with E-state index in [1.165, 1.54) is 0 Å². The van der Waals surface area contributed by atoms with E-state index in [-0.39, 0.29) is 12.5 Å². The fourth-order valence-electron chi connectivity index (χ4n) is 1.54. The summed E-state index contributed by atoms with van der Waals surface area (Å²) in [7, 11) is 0. The minimum absolute atomic E-state index is 0.0951. The van der Waals surface area contributed by atoms with Crippen molar-refractivity contribution in [2.75, 3.05) is 13.2 Å². The van der Waals surface area contributed by atoms with Gasteiger partial charge in [-0.15, -0.1) is 0 Å². The van der Waals surface area contributed by atoms with Gasteiger partial charge in [0.15, 0.2) is 0 Å². The first-order chi connectivity index (χ1) is 8.45. The number of rotatable bonds is 5. The van der Waals surface area contributed by atoms with Crippen LogP contribution in [0.4, 0.5) is 0 Å². The highest BCUT2D eigenvalue weighted by atomic mass is 16.7. The van der Waals surface area contributed by atoms with E-state index in [2.05, 4.69) is 5.32 Å². The number of nitrogens with one attached hydrogen (secondary N) is 1. The maximum atomic E-state index is 11.7. The van der Waals surface area contributed by atoms with Crippen molar-refractivity contribution in [3.8, 4) is 0 Å². The van der Waals surface area contributed by atoms with Gasteiger partial charge in [0.05, 0.1) is 6.61 Å². The number of carbonyl (C=O) groups excluding carboxylic acids is 2. The quantitative estimate of drug-likeness (QED) is 0.760. The Balaban J connectivity index is 2.26. The Labute approximate surface area is 108 Å². The van der Waals surface area contributed by atoms with E-state index in [9.17, 15) is 9.59 Å². The van der Waals surface area contributed by atoms with Gasteiger partial charge in [-0.25, -0.2) is 0 Å². The lowest BCUT2D eigenvalue weighted by Gasteiger charge is -2.24. The van der Waals surface area contributed by atoms with Gasteiger partial charge in [-0.2, -0.15) is 0 Å². The molecule has 0 saturated carbocycles. The standard InChI is InChI=1S/C13H23NO4/c1-4-13(2,3)12(16)14-9-10(15)18-11-7-5-6-8-17-11/h11H,4-9H2,1-3H3,(H,14,16). The third-order valence-electron chi connectivity index (χ3n) is 3.29. The lowest BCUT2D eigenvalue weighted by Crippen LogP contribution is -2.40. The second-order valence-corrected chi connectivity index (χ2v) is 5.21. The Morgan fingerprint density at radius 2 is 2.11 bits per heavy atom. The van der Waals surface area contributed by atoms with Crippen LogP contribution in [0.2, 0.25) is 0 Å². The summed E-state index contributed by atoms with van der Waals surface area (Å²) in [6.07, 6.45) is 3.03. The topological polar surface area (TPSA) is 64.6 Å². The molecule has 0 aromatic heterocycles. The van der Waals surface area contributed by atoms with E-state index < -0.39 is 17.7 Å². The summed E-state index contributed by atoms with van der Waals surface area (Å²) < 4.78 is 10.4. The van der Waals surface area contributed by atoms with Crippen molar-refractivity contribution < 1.29 is 19.1 Å². The van der Waals surface area contributed by atoms with Crippen LogP contribution in [0.15, 0.2) is 0 Å². The summed E-state index contributed by atoms with van der Waals surface area (Å²) in [6.45, 7) is 6.17. The number of esters is 1. The van der Waals surface area contributed by atoms with Gasteiger partial charge in [-0.3, -0.25) is 9.59 Å². The average molecular weight is 257 g/mol. The predicted molar refractivity (Wildman–Crippen MR) is 66.8 cm³/mol. The second kappa shape index (κ2) is 6.73. The molecule has 1 amide bonds. The van der Waals surface area contributed by atoms with Crippen LogP contribution in [-0.2, 0) is 19.1 Å². The zero-order chi connectivity index (χ0) is 13.6. The maximum Gasteiger partial charge on any atom is 0.327 e. The molecule has 18 heavy (non-hydrogen) atoms. The molecule has 0 spiro atoms. The molecule has 1 saturated heterocycles. The first-order valence-electron chi connectivity index (χ1n) is 6.55. The van der Waals surface area contributed by atoms with Crippen molar-refractivity contribution in [2.45, 2.75) is 52.7 Å². The minimum atomic E-state index is -0.457. The first kappa shape index (κ1) is 15.0. The molecule has 0 bridgehead atoms. The molecule has 1 aliphatic rings. The molecule has 104 valence electrons. The summed E-state index contributed by atoms with van der Waals surface area (Å²) >= 11 is 0. The first-order valence-corrected chi connectivity index (χ1v) is 6.55. The van der Waals surface area contributed by atoms with Crippen LogP contribution in [0.1, 0.15) is 46.5 Å². The Kier molecular flexibility index (Phi) is 5.59. The number of hydrogen-bond acceptors (Lipinski definition) is 4. The molecule has 1 rings (SSSR count). The maximum absolute atomic E-state index is 11.7. The predicted octanol–water partition coefficient (Wildman–Crippen LogP) is 1.61. The number of amides is 1. The van der Waals surface area contributed by atoms with Gasteiger partial charge < -0.3 is 14.8 Å². The van der Waals surface area contributed by atoms with Crippen molar-refractivity contribution in [1.29, 1.82) is 0 Å². The van der Waals surface area contributed by atoms with Crippen LogP contribution in [0.5, 0.6) is 0 Å². The van der Waals surface area contributed by atoms with Gasteiger partial charge in [-0.1, -0.05) is 20.8 Å². The van der Waals surface area contributed by atoms with Gasteiger partial charge in [0.2, 0.25) is 12.2 Å². The lowest BCUT2D eigenvalue weighted by molar-refractivity contribution is -0.186. The molecule has 5 heteroatoms. The summed E-state index contributed by atoms with van der Waals surface area (Å²) in [5.74, 6) is -0.575. The Morgan fingerprint density at radius 3 is 2.67 bits per heavy atom. The molecule has 0 radical (unpaired) electrons. The van der Waals surface area contributed by atoms with Crippen molar-refractivity contribution in [3.05, 3.63) is 0 Å². The number of ether oxygens (including phenoxy) is 2. The molecule has 1 heterocycles. The van der Waals surface area contributed by atoms with Gasteiger partial charge in [-0.05, 0) is 19.3 Å². The fraction of sp³-hybridized carbons (Fsp3) is 0.846. The van der Waals surface area contributed by atoms with E-state index in [1.54, 1.807) is 0 Å². The second-order valence-electron chi connectivity index (χ2n) is 5.21. The third-order valence-corrected chi connectivity index (χ3v) is 3.29. The zero-order valence-electron chi connectivity index (χ0n) is 11.5. The van der Waals surface area contributed by atoms with Gasteiger partial charge in [0.1, 0.15) is 6.54 Å². The average Bonchev–Trinajstić information content (AvgIpc) is 2.37. The molecular formula is C13H23NO4. The summed E-state index contributed by atoms with van der Waals surface area (Å²) in [5.41, 5.74) is -0.457. The molecule has 0 aliphatic carbocycles. The summed E-state index contributed by atoms with van der Waals surface area (Å²) in [5, 5.41) is 2.59. The highest BCUT2D eigenvalue weighted by Crippen LogP contribution is 2.19. The SMILES string of the molecule is CCC(C)(C)C(=O)NCC(=O)OC1CCCCO1. The molecular weight excluding hydrogens is 234 g/mol. The van der Waals surface area contributed by atoms with Gasteiger partial charge in [0, 0.05) is 11.8 Å². The Bertz CT molecular complexity index is 295. The van der Waals surface area contributed by atoms with Crippen LogP contribution >= 0.6 is 0 Å². The van der Waals surface area contributed by atoms with Crippen LogP contribution in [0.3, 0.4) is 0 Å². The molecule has 1 fully saturated rings. The summed E-state index contributed by atoms with van der Waals surface area (Å²) in [6, 6.07) is 0. The highest BCUT2D eigenvalue weighted by molar-refractivity contribution is 5.85. The van der Waals surface area contributed by atoms with E-state index in [1.807, 2.05) is 20.8 Å². The molecule has 1 unspecified atom stereocenters. The molecule has 1 N–H and O–H groups in total. The van der Waals surface area contributed by atoms with E-state index >= 15 is 0 Å². The lowest BCUT2D eigenvalue weighted by atomic mass is 9.89. The molecule has 1 aliphatic heterocycles. The van der Waals surface area contributed by atoms with Gasteiger partial charge >= 0.3 is 5.97 Å². The van der Waals surface area contributed by atoms with Crippen molar-refractivity contribution in [3.63, 3.8) is 0 Å². The molecule has 0 aromatic carbocycles. The van der Waals surface area contributed by atoms with E-state index in [0.717, 1.165) is 25.7 Å². The number of carbonyl (C=O) groups is 2. The van der Waals surface area contributed by atoms with Gasteiger partial charge in [0.25, 0.3) is 0 Å². The summed E-state index contributed by atoms with van der Waals surface area (Å²) in [4.78, 5) is 23.3. The smallest absolute Gasteiger partial charge is 0.327 e. The third kappa shape index (κ3) is 4.64. The van der Waals surface area contributed by atoms with Crippen LogP contribution in [0, 0.1) is 5.41 Å². The van der Waals surface area contributed by atoms with Crippen molar-refractivity contribution >= 4 is 11.9 Å². The Hall–Kier alpha value is -1.10. The monoisotopic (exact) mass is 257 g/mol.